The van der Waals surface area contributed by atoms with Crippen LogP contribution in [0.25, 0.3) is 0 Å². The molecule has 0 saturated carbocycles. The van der Waals surface area contributed by atoms with Gasteiger partial charge in [0.2, 0.25) is 0 Å². The largest absolute Gasteiger partial charge is 0.353 e. The van der Waals surface area contributed by atoms with Gasteiger partial charge in [-0.25, -0.2) is 9.38 Å². The van der Waals surface area contributed by atoms with Gasteiger partial charge < -0.3 is 14.7 Å². The third kappa shape index (κ3) is 2.93. The number of piperazine rings is 1. The van der Waals surface area contributed by atoms with Gasteiger partial charge in [-0.3, -0.25) is 0 Å². The molecule has 1 aromatic carbocycles. The number of nitrogens with zero attached hydrogens (tertiary/aromatic N) is 4. The van der Waals surface area contributed by atoms with E-state index in [2.05, 4.69) is 41.7 Å². The highest BCUT2D eigenvalue weighted by Gasteiger charge is 2.28. The summed E-state index contributed by atoms with van der Waals surface area (Å²) in [4.78, 5) is 13.2. The molecule has 1 fully saturated rings. The first-order valence-electron chi connectivity index (χ1n) is 8.77. The van der Waals surface area contributed by atoms with Crippen LogP contribution in [0.2, 0.25) is 0 Å². The van der Waals surface area contributed by atoms with Crippen molar-refractivity contribution in [1.82, 2.24) is 9.80 Å². The molecule has 6 heteroatoms. The lowest BCUT2D eigenvalue weighted by Gasteiger charge is -2.34. The number of likely N-dealkylation sites (N-methyl/N-ethyl adjacent to an activating group) is 1. The van der Waals surface area contributed by atoms with Crippen LogP contribution in [0.4, 0.5) is 20.8 Å². The molecular formula is C19H23FN4S. The maximum Gasteiger partial charge on any atom is 0.139 e. The summed E-state index contributed by atoms with van der Waals surface area (Å²) < 4.78 is 13.9. The molecule has 1 saturated heterocycles. The molecule has 0 spiro atoms. The average Bonchev–Trinajstić information content (AvgIpc) is 2.92. The van der Waals surface area contributed by atoms with Crippen molar-refractivity contribution in [2.75, 3.05) is 44.7 Å². The molecular weight excluding hydrogens is 335 g/mol. The van der Waals surface area contributed by atoms with Crippen molar-refractivity contribution < 1.29 is 4.39 Å². The Bertz CT molecular complexity index is 821. The molecule has 0 N–H and O–H groups in total. The zero-order chi connectivity index (χ0) is 17.6. The Morgan fingerprint density at radius 1 is 1.16 bits per heavy atom. The van der Waals surface area contributed by atoms with E-state index in [1.165, 1.54) is 21.5 Å². The third-order valence-electron chi connectivity index (χ3n) is 4.90. The summed E-state index contributed by atoms with van der Waals surface area (Å²) >= 11 is 1.79. The van der Waals surface area contributed by atoms with Gasteiger partial charge in [-0.1, -0.05) is 0 Å². The summed E-state index contributed by atoms with van der Waals surface area (Å²) in [5, 5.41) is 1.21. The average molecular weight is 358 g/mol. The molecule has 4 rings (SSSR count). The highest BCUT2D eigenvalue weighted by atomic mass is 32.1. The van der Waals surface area contributed by atoms with Crippen LogP contribution in [0.15, 0.2) is 29.3 Å². The fourth-order valence-corrected chi connectivity index (χ4v) is 4.61. The molecule has 2 aliphatic heterocycles. The van der Waals surface area contributed by atoms with Crippen LogP contribution in [-0.2, 0) is 0 Å². The van der Waals surface area contributed by atoms with Crippen molar-refractivity contribution in [2.45, 2.75) is 13.8 Å². The molecule has 3 heterocycles. The number of hydrogen-bond acceptors (Lipinski definition) is 5. The summed E-state index contributed by atoms with van der Waals surface area (Å²) in [5.74, 6) is 0.743. The molecule has 1 aromatic heterocycles. The van der Waals surface area contributed by atoms with E-state index in [0.29, 0.717) is 0 Å². The zero-order valence-electron chi connectivity index (χ0n) is 14.9. The van der Waals surface area contributed by atoms with E-state index in [1.807, 2.05) is 6.07 Å². The normalized spacial score (nSPS) is 17.8. The van der Waals surface area contributed by atoms with Crippen molar-refractivity contribution in [2.24, 2.45) is 4.99 Å². The smallest absolute Gasteiger partial charge is 0.139 e. The molecule has 0 atom stereocenters. The number of halogens is 1. The van der Waals surface area contributed by atoms with E-state index in [9.17, 15) is 4.39 Å². The van der Waals surface area contributed by atoms with Crippen molar-refractivity contribution in [3.8, 4) is 0 Å². The molecule has 0 amide bonds. The van der Waals surface area contributed by atoms with Crippen molar-refractivity contribution in [1.29, 1.82) is 0 Å². The van der Waals surface area contributed by atoms with Gasteiger partial charge in [0.1, 0.15) is 16.7 Å². The number of benzene rings is 1. The molecule has 132 valence electrons. The summed E-state index contributed by atoms with van der Waals surface area (Å²) in [5.41, 5.74) is 2.87. The minimum atomic E-state index is -0.238. The van der Waals surface area contributed by atoms with Gasteiger partial charge in [-0.2, -0.15) is 0 Å². The first kappa shape index (κ1) is 16.5. The van der Waals surface area contributed by atoms with Gasteiger partial charge in [0, 0.05) is 43.7 Å². The van der Waals surface area contributed by atoms with Gasteiger partial charge in [0.15, 0.2) is 0 Å². The predicted molar refractivity (Wildman–Crippen MR) is 103 cm³/mol. The van der Waals surface area contributed by atoms with Crippen LogP contribution in [0.1, 0.15) is 17.4 Å². The number of aryl methyl sites for hydroxylation is 1. The first-order valence-corrected chi connectivity index (χ1v) is 9.58. The SMILES string of the molecule is CCN1c2ccc(F)cc2N=C(N2CCN(C)CC2)c2cc(C)sc21. The van der Waals surface area contributed by atoms with Crippen LogP contribution in [0.5, 0.6) is 0 Å². The second-order valence-electron chi connectivity index (χ2n) is 6.68. The maximum absolute atomic E-state index is 13.9. The standard InChI is InChI=1S/C19H23FN4S/c1-4-24-17-6-5-14(20)12-16(17)21-18(15-11-13(2)25-19(15)24)23-9-7-22(3)8-10-23/h5-6,11-12H,4,7-10H2,1-3H3. The molecule has 2 aliphatic rings. The number of amidine groups is 1. The lowest BCUT2D eigenvalue weighted by Crippen LogP contribution is -2.47. The molecule has 2 aromatic rings. The highest BCUT2D eigenvalue weighted by Crippen LogP contribution is 2.44. The molecule has 0 radical (unpaired) electrons. The molecule has 0 unspecified atom stereocenters. The quantitative estimate of drug-likeness (QED) is 0.769. The Kier molecular flexibility index (Phi) is 4.25. The van der Waals surface area contributed by atoms with Crippen LogP contribution in [0, 0.1) is 12.7 Å². The molecule has 25 heavy (non-hydrogen) atoms. The Balaban J connectivity index is 1.88. The van der Waals surface area contributed by atoms with E-state index < -0.39 is 0 Å². The highest BCUT2D eigenvalue weighted by molar-refractivity contribution is 7.16. The Morgan fingerprint density at radius 3 is 2.64 bits per heavy atom. The Morgan fingerprint density at radius 2 is 1.92 bits per heavy atom. The number of fused-ring (bicyclic) bond motifs is 2. The fraction of sp³-hybridized carbons (Fsp3) is 0.421. The number of rotatable bonds is 1. The monoisotopic (exact) mass is 358 g/mol. The Labute approximate surface area is 152 Å². The Hall–Kier alpha value is -1.92. The number of aliphatic imine (C=N–C) groups is 1. The van der Waals surface area contributed by atoms with Crippen LogP contribution >= 0.6 is 11.3 Å². The van der Waals surface area contributed by atoms with Crippen LogP contribution in [-0.4, -0.2) is 55.4 Å². The summed E-state index contributed by atoms with van der Waals surface area (Å²) in [7, 11) is 2.15. The van der Waals surface area contributed by atoms with Crippen LogP contribution in [0.3, 0.4) is 0 Å². The molecule has 0 aliphatic carbocycles. The van der Waals surface area contributed by atoms with Gasteiger partial charge in [0.25, 0.3) is 0 Å². The second-order valence-corrected chi connectivity index (χ2v) is 7.91. The van der Waals surface area contributed by atoms with Crippen LogP contribution < -0.4 is 4.90 Å². The van der Waals surface area contributed by atoms with Crippen molar-refractivity contribution >= 4 is 33.5 Å². The summed E-state index contributed by atoms with van der Waals surface area (Å²) in [6.07, 6.45) is 0. The van der Waals surface area contributed by atoms with E-state index in [-0.39, 0.29) is 5.82 Å². The molecule has 0 bridgehead atoms. The minimum absolute atomic E-state index is 0.238. The predicted octanol–water partition coefficient (Wildman–Crippen LogP) is 3.99. The van der Waals surface area contributed by atoms with Gasteiger partial charge in [-0.15, -0.1) is 11.3 Å². The molecule has 4 nitrogen and oxygen atoms in total. The number of thiophene rings is 1. The fourth-order valence-electron chi connectivity index (χ4n) is 3.53. The van der Waals surface area contributed by atoms with Gasteiger partial charge >= 0.3 is 0 Å². The summed E-state index contributed by atoms with van der Waals surface area (Å²) in [6, 6.07) is 7.15. The van der Waals surface area contributed by atoms with Crippen molar-refractivity contribution in [3.63, 3.8) is 0 Å². The van der Waals surface area contributed by atoms with Gasteiger partial charge in [0.05, 0.1) is 16.9 Å². The van der Waals surface area contributed by atoms with E-state index in [0.717, 1.165) is 49.9 Å². The summed E-state index contributed by atoms with van der Waals surface area (Å²) in [6.45, 7) is 9.03. The second kappa shape index (κ2) is 6.42. The van der Waals surface area contributed by atoms with Crippen molar-refractivity contribution in [3.05, 3.63) is 40.5 Å². The topological polar surface area (TPSA) is 22.1 Å². The number of anilines is 2. The zero-order valence-corrected chi connectivity index (χ0v) is 15.7. The maximum atomic E-state index is 13.9. The van der Waals surface area contributed by atoms with E-state index in [1.54, 1.807) is 17.4 Å². The minimum Gasteiger partial charge on any atom is -0.353 e. The first-order chi connectivity index (χ1) is 12.1. The third-order valence-corrected chi connectivity index (χ3v) is 5.97. The van der Waals surface area contributed by atoms with E-state index in [4.69, 9.17) is 4.99 Å². The van der Waals surface area contributed by atoms with Gasteiger partial charge in [-0.05, 0) is 39.1 Å². The van der Waals surface area contributed by atoms with E-state index >= 15 is 0 Å². The lowest BCUT2D eigenvalue weighted by molar-refractivity contribution is 0.216. The number of hydrogen-bond donors (Lipinski definition) is 0. The lowest BCUT2D eigenvalue weighted by atomic mass is 10.2.